The number of rotatable bonds is 9. The number of carbonyl (C=O) groups is 4. The van der Waals surface area contributed by atoms with Gasteiger partial charge in [0.15, 0.2) is 11.6 Å². The van der Waals surface area contributed by atoms with Gasteiger partial charge >= 0.3 is 5.97 Å². The molecule has 1 aromatic carbocycles. The summed E-state index contributed by atoms with van der Waals surface area (Å²) in [5.74, 6) is -1.09. The average molecular weight is 426 g/mol. The Kier molecular flexibility index (Phi) is 8.91. The van der Waals surface area contributed by atoms with Crippen molar-refractivity contribution >= 4 is 23.4 Å². The van der Waals surface area contributed by atoms with Crippen LogP contribution in [0.1, 0.15) is 77.7 Å². The molecule has 31 heavy (non-hydrogen) atoms. The van der Waals surface area contributed by atoms with Crippen LogP contribution < -0.4 is 5.48 Å². The maximum Gasteiger partial charge on any atom is 0.331 e. The molecule has 0 spiro atoms. The van der Waals surface area contributed by atoms with Crippen LogP contribution in [0.5, 0.6) is 0 Å². The number of hydroxylamine groups is 1. The van der Waals surface area contributed by atoms with Gasteiger partial charge in [-0.2, -0.15) is 5.48 Å². The van der Waals surface area contributed by atoms with Crippen LogP contribution >= 0.6 is 0 Å². The van der Waals surface area contributed by atoms with E-state index in [0.717, 1.165) is 18.4 Å². The average Bonchev–Trinajstić information content (AvgIpc) is 2.79. The third kappa shape index (κ3) is 6.23. The largest absolute Gasteiger partial charge is 0.341 e. The molecule has 1 aromatic rings. The van der Waals surface area contributed by atoms with Crippen molar-refractivity contribution in [3.63, 3.8) is 0 Å². The smallest absolute Gasteiger partial charge is 0.331 e. The lowest BCUT2D eigenvalue weighted by Gasteiger charge is -2.26. The summed E-state index contributed by atoms with van der Waals surface area (Å²) < 4.78 is 0. The zero-order chi connectivity index (χ0) is 23.0. The number of hydrogen-bond acceptors (Lipinski definition) is 5. The lowest BCUT2D eigenvalue weighted by atomic mass is 9.76. The molecule has 2 rings (SSSR count). The monoisotopic (exact) mass is 425 g/mol. The summed E-state index contributed by atoms with van der Waals surface area (Å²) in [5.41, 5.74) is 5.31. The van der Waals surface area contributed by atoms with Crippen molar-refractivity contribution in [2.24, 2.45) is 0 Å². The molecule has 1 amide bonds. The van der Waals surface area contributed by atoms with E-state index < -0.39 is 5.97 Å². The molecule has 1 N–H and O–H groups in total. The molecule has 1 aliphatic carbocycles. The maximum absolute atomic E-state index is 13.1. The van der Waals surface area contributed by atoms with Crippen LogP contribution in [-0.4, -0.2) is 23.4 Å². The van der Waals surface area contributed by atoms with E-state index in [4.69, 9.17) is 0 Å². The first-order valence-electron chi connectivity index (χ1n) is 10.8. The zero-order valence-electron chi connectivity index (χ0n) is 18.7. The van der Waals surface area contributed by atoms with Crippen LogP contribution in [0.3, 0.4) is 0 Å². The Morgan fingerprint density at radius 2 is 1.55 bits per heavy atom. The fourth-order valence-corrected chi connectivity index (χ4v) is 3.75. The van der Waals surface area contributed by atoms with E-state index in [1.165, 1.54) is 0 Å². The van der Waals surface area contributed by atoms with Crippen molar-refractivity contribution in [3.05, 3.63) is 58.2 Å². The summed E-state index contributed by atoms with van der Waals surface area (Å²) >= 11 is 0. The van der Waals surface area contributed by atoms with Crippen LogP contribution in [0.25, 0.3) is 0 Å². The summed E-state index contributed by atoms with van der Waals surface area (Å²) in [5, 5.41) is 0. The number of unbranched alkanes of at least 4 members (excludes halogenated alkanes) is 2. The highest BCUT2D eigenvalue weighted by molar-refractivity contribution is 6.25. The molecule has 0 saturated heterocycles. The molecule has 6 heteroatoms. The van der Waals surface area contributed by atoms with E-state index >= 15 is 0 Å². The fourth-order valence-electron chi connectivity index (χ4n) is 3.75. The van der Waals surface area contributed by atoms with Crippen molar-refractivity contribution < 1.29 is 24.0 Å². The molecule has 166 valence electrons. The summed E-state index contributed by atoms with van der Waals surface area (Å²) in [6.45, 7) is 6.81. The van der Waals surface area contributed by atoms with Gasteiger partial charge in [0.2, 0.25) is 0 Å². The Balaban J connectivity index is 2.03. The third-order valence-corrected chi connectivity index (χ3v) is 5.75. The predicted octanol–water partition coefficient (Wildman–Crippen LogP) is 4.51. The SMILES string of the molecule is CCC(=O)ONC(=O)CCCCCC(C1=C(C)C(=O)C(C)=C(C)C1=O)c1ccccc1. The number of ketones is 2. The molecule has 1 aliphatic rings. The van der Waals surface area contributed by atoms with Crippen molar-refractivity contribution in [1.82, 2.24) is 5.48 Å². The number of benzene rings is 1. The van der Waals surface area contributed by atoms with E-state index in [1.54, 1.807) is 27.7 Å². The Morgan fingerprint density at radius 3 is 2.19 bits per heavy atom. The number of hydrogen-bond donors (Lipinski definition) is 1. The fraction of sp³-hybridized carbons (Fsp3) is 0.440. The topological polar surface area (TPSA) is 89.5 Å². The second-order valence-corrected chi connectivity index (χ2v) is 7.86. The highest BCUT2D eigenvalue weighted by Crippen LogP contribution is 2.37. The maximum atomic E-state index is 13.1. The van der Waals surface area contributed by atoms with Gasteiger partial charge < -0.3 is 4.84 Å². The summed E-state index contributed by atoms with van der Waals surface area (Å²) in [4.78, 5) is 53.2. The van der Waals surface area contributed by atoms with Gasteiger partial charge in [0, 0.05) is 41.1 Å². The van der Waals surface area contributed by atoms with Crippen LogP contribution in [0.4, 0.5) is 0 Å². The van der Waals surface area contributed by atoms with Gasteiger partial charge in [0.1, 0.15) is 0 Å². The molecule has 0 bridgehead atoms. The van der Waals surface area contributed by atoms with Gasteiger partial charge in [0.05, 0.1) is 0 Å². The number of allylic oxidation sites excluding steroid dienone is 4. The predicted molar refractivity (Wildman–Crippen MR) is 118 cm³/mol. The molecule has 0 aliphatic heterocycles. The first kappa shape index (κ1) is 24.3. The molecule has 0 aromatic heterocycles. The highest BCUT2D eigenvalue weighted by atomic mass is 16.7. The van der Waals surface area contributed by atoms with Crippen LogP contribution in [0.15, 0.2) is 52.6 Å². The number of nitrogens with one attached hydrogen (secondary N) is 1. The molecule has 0 heterocycles. The van der Waals surface area contributed by atoms with E-state index in [1.807, 2.05) is 30.3 Å². The minimum atomic E-state index is -0.478. The Labute approximate surface area is 183 Å². The van der Waals surface area contributed by atoms with E-state index in [0.29, 0.717) is 35.1 Å². The molecular weight excluding hydrogens is 394 g/mol. The minimum absolute atomic E-state index is 0.0550. The number of Topliss-reactive ketones (excluding diaryl/α,β-unsaturated/α-hetero) is 2. The van der Waals surface area contributed by atoms with E-state index in [-0.39, 0.29) is 36.2 Å². The second-order valence-electron chi connectivity index (χ2n) is 7.86. The standard InChI is InChI=1S/C25H31NO5/c1-5-22(28)31-26-21(27)15-11-7-10-14-20(19-12-8-6-9-13-19)23-18(4)24(29)16(2)17(3)25(23)30/h6,8-9,12-13,20H,5,7,10-11,14-15H2,1-4H3,(H,26,27). The summed E-state index contributed by atoms with van der Waals surface area (Å²) in [6, 6.07) is 9.76. The normalized spacial score (nSPS) is 15.2. The van der Waals surface area contributed by atoms with Crippen LogP contribution in [0, 0.1) is 0 Å². The quantitative estimate of drug-likeness (QED) is 0.357. The van der Waals surface area contributed by atoms with Gasteiger partial charge in [-0.15, -0.1) is 0 Å². The molecule has 1 atom stereocenters. The van der Waals surface area contributed by atoms with Crippen LogP contribution in [-0.2, 0) is 24.0 Å². The molecule has 0 radical (unpaired) electrons. The zero-order valence-corrected chi connectivity index (χ0v) is 18.7. The van der Waals surface area contributed by atoms with Crippen LogP contribution in [0.2, 0.25) is 0 Å². The van der Waals surface area contributed by atoms with Gasteiger partial charge in [-0.25, -0.2) is 4.79 Å². The van der Waals surface area contributed by atoms with Gasteiger partial charge in [0.25, 0.3) is 5.91 Å². The molecule has 6 nitrogen and oxygen atoms in total. The van der Waals surface area contributed by atoms with E-state index in [9.17, 15) is 19.2 Å². The Bertz CT molecular complexity index is 911. The molecule has 0 saturated carbocycles. The van der Waals surface area contributed by atoms with Crippen molar-refractivity contribution in [2.45, 2.75) is 72.1 Å². The Hall–Kier alpha value is -3.02. The molecular formula is C25H31NO5. The lowest BCUT2D eigenvalue weighted by Crippen LogP contribution is -2.26. The number of carbonyl (C=O) groups excluding carboxylic acids is 4. The van der Waals surface area contributed by atoms with E-state index in [2.05, 4.69) is 10.3 Å². The van der Waals surface area contributed by atoms with Gasteiger partial charge in [-0.05, 0) is 39.2 Å². The van der Waals surface area contributed by atoms with Gasteiger partial charge in [-0.3, -0.25) is 14.4 Å². The lowest BCUT2D eigenvalue weighted by molar-refractivity contribution is -0.158. The first-order chi connectivity index (χ1) is 14.8. The van der Waals surface area contributed by atoms with Crippen molar-refractivity contribution in [2.75, 3.05) is 0 Å². The second kappa shape index (κ2) is 11.4. The van der Waals surface area contributed by atoms with Crippen molar-refractivity contribution in [1.29, 1.82) is 0 Å². The number of amides is 1. The molecule has 1 unspecified atom stereocenters. The minimum Gasteiger partial charge on any atom is -0.341 e. The van der Waals surface area contributed by atoms with Crippen molar-refractivity contribution in [3.8, 4) is 0 Å². The molecule has 0 fully saturated rings. The highest BCUT2D eigenvalue weighted by Gasteiger charge is 2.33. The summed E-state index contributed by atoms with van der Waals surface area (Å²) in [6.07, 6.45) is 3.37. The third-order valence-electron chi connectivity index (χ3n) is 5.75. The summed E-state index contributed by atoms with van der Waals surface area (Å²) in [7, 11) is 0. The first-order valence-corrected chi connectivity index (χ1v) is 10.8. The van der Waals surface area contributed by atoms with Gasteiger partial charge in [-0.1, -0.05) is 50.1 Å². The Morgan fingerprint density at radius 1 is 0.903 bits per heavy atom.